The summed E-state index contributed by atoms with van der Waals surface area (Å²) in [6.45, 7) is 4.37. The predicted molar refractivity (Wildman–Crippen MR) is 88.9 cm³/mol. The first kappa shape index (κ1) is 16.5. The van der Waals surface area contributed by atoms with Crippen LogP contribution in [-0.4, -0.2) is 9.78 Å². The molecule has 3 nitrogen and oxygen atoms in total. The summed E-state index contributed by atoms with van der Waals surface area (Å²) in [5, 5.41) is 14.3. The molecule has 2 rings (SSSR count). The van der Waals surface area contributed by atoms with Crippen LogP contribution in [0, 0.1) is 22.7 Å². The molecule has 0 aliphatic heterocycles. The molecule has 0 amide bonds. The van der Waals surface area contributed by atoms with Gasteiger partial charge >= 0.3 is 0 Å². The van der Waals surface area contributed by atoms with Crippen LogP contribution in [0.5, 0.6) is 0 Å². The van der Waals surface area contributed by atoms with Gasteiger partial charge in [-0.25, -0.2) is 0 Å². The maximum absolute atomic E-state index is 9.77. The third kappa shape index (κ3) is 3.51. The smallest absolute Gasteiger partial charge is 0.0766 e. The molecule has 1 aliphatic carbocycles. The summed E-state index contributed by atoms with van der Waals surface area (Å²) < 4.78 is 3.07. The molecule has 0 bridgehead atoms. The molecule has 0 atom stereocenters. The zero-order valence-electron chi connectivity index (χ0n) is 13.5. The molecular weight excluding hydrogens is 326 g/mol. The maximum atomic E-state index is 9.77. The van der Waals surface area contributed by atoms with Crippen LogP contribution < -0.4 is 0 Å². The highest BCUT2D eigenvalue weighted by atomic mass is 79.9. The molecule has 0 radical (unpaired) electrons. The number of nitrogens with zero attached hydrogens (tertiary/aromatic N) is 3. The third-order valence-electron chi connectivity index (χ3n) is 5.01. The van der Waals surface area contributed by atoms with Crippen LogP contribution in [0.4, 0.5) is 0 Å². The largest absolute Gasteiger partial charge is 0.271 e. The summed E-state index contributed by atoms with van der Waals surface area (Å²) >= 11 is 3.69. The number of rotatable bonds is 5. The van der Waals surface area contributed by atoms with Crippen molar-refractivity contribution >= 4 is 15.9 Å². The number of halogens is 1. The summed E-state index contributed by atoms with van der Waals surface area (Å²) in [5.41, 5.74) is 2.09. The Morgan fingerprint density at radius 3 is 2.52 bits per heavy atom. The molecule has 1 aliphatic rings. The second-order valence-corrected chi connectivity index (χ2v) is 7.28. The minimum atomic E-state index is -0.189. The first-order chi connectivity index (χ1) is 10.0. The number of hydrogen-bond donors (Lipinski definition) is 0. The SMILES string of the molecule is CCCC1CCC(C#N)(Cc2c(Br)c(CC)nn2C)CC1. The van der Waals surface area contributed by atoms with Crippen LogP contribution in [-0.2, 0) is 19.9 Å². The molecule has 0 aromatic carbocycles. The second-order valence-electron chi connectivity index (χ2n) is 6.49. The van der Waals surface area contributed by atoms with Gasteiger partial charge in [0.25, 0.3) is 0 Å². The fourth-order valence-corrected chi connectivity index (χ4v) is 4.34. The van der Waals surface area contributed by atoms with Crippen LogP contribution in [0.1, 0.15) is 63.8 Å². The van der Waals surface area contributed by atoms with E-state index in [0.29, 0.717) is 0 Å². The highest BCUT2D eigenvalue weighted by Crippen LogP contribution is 2.43. The maximum Gasteiger partial charge on any atom is 0.0766 e. The van der Waals surface area contributed by atoms with Crippen molar-refractivity contribution in [1.82, 2.24) is 9.78 Å². The van der Waals surface area contributed by atoms with Gasteiger partial charge in [0, 0.05) is 13.5 Å². The number of nitriles is 1. The van der Waals surface area contributed by atoms with E-state index in [1.54, 1.807) is 0 Å². The third-order valence-corrected chi connectivity index (χ3v) is 5.92. The van der Waals surface area contributed by atoms with E-state index < -0.39 is 0 Å². The monoisotopic (exact) mass is 351 g/mol. The standard InChI is InChI=1S/C17H26BrN3/c1-4-6-13-7-9-17(12-19,10-8-13)11-15-16(18)14(5-2)20-21(15)3/h13H,4-11H2,1-3H3. The molecule has 1 fully saturated rings. The van der Waals surface area contributed by atoms with E-state index in [9.17, 15) is 5.26 Å². The molecule has 1 aromatic heterocycles. The lowest BCUT2D eigenvalue weighted by atomic mass is 9.68. The van der Waals surface area contributed by atoms with Gasteiger partial charge in [0.05, 0.1) is 27.3 Å². The molecule has 0 unspecified atom stereocenters. The van der Waals surface area contributed by atoms with E-state index in [1.165, 1.54) is 31.4 Å². The van der Waals surface area contributed by atoms with E-state index in [2.05, 4.69) is 40.9 Å². The summed E-state index contributed by atoms with van der Waals surface area (Å²) in [4.78, 5) is 0. The highest BCUT2D eigenvalue weighted by molar-refractivity contribution is 9.10. The average molecular weight is 352 g/mol. The highest BCUT2D eigenvalue weighted by Gasteiger charge is 2.37. The summed E-state index contributed by atoms with van der Waals surface area (Å²) in [7, 11) is 1.99. The number of aromatic nitrogens is 2. The molecule has 0 spiro atoms. The van der Waals surface area contributed by atoms with Crippen molar-refractivity contribution in [2.24, 2.45) is 18.4 Å². The van der Waals surface area contributed by atoms with E-state index in [-0.39, 0.29) is 5.41 Å². The molecule has 1 saturated carbocycles. The Balaban J connectivity index is 2.14. The predicted octanol–water partition coefficient (Wildman–Crippen LogP) is 4.79. The molecule has 4 heteroatoms. The number of aryl methyl sites for hydroxylation is 2. The minimum absolute atomic E-state index is 0.189. The van der Waals surface area contributed by atoms with Gasteiger partial charge in [0.2, 0.25) is 0 Å². The van der Waals surface area contributed by atoms with Crippen LogP contribution in [0.2, 0.25) is 0 Å². The summed E-state index contributed by atoms with van der Waals surface area (Å²) in [6, 6.07) is 2.65. The first-order valence-electron chi connectivity index (χ1n) is 8.16. The van der Waals surface area contributed by atoms with Crippen molar-refractivity contribution in [2.45, 2.75) is 65.2 Å². The topological polar surface area (TPSA) is 41.6 Å². The van der Waals surface area contributed by atoms with Crippen molar-refractivity contribution in [2.75, 3.05) is 0 Å². The second kappa shape index (κ2) is 6.96. The molecule has 116 valence electrons. The Labute approximate surface area is 136 Å². The van der Waals surface area contributed by atoms with Gasteiger partial charge in [0.15, 0.2) is 0 Å². The van der Waals surface area contributed by atoms with E-state index in [1.807, 2.05) is 11.7 Å². The van der Waals surface area contributed by atoms with Crippen molar-refractivity contribution in [3.8, 4) is 6.07 Å². The van der Waals surface area contributed by atoms with E-state index in [0.717, 1.165) is 41.8 Å². The quantitative estimate of drug-likeness (QED) is 0.765. The zero-order valence-corrected chi connectivity index (χ0v) is 15.0. The molecule has 1 heterocycles. The van der Waals surface area contributed by atoms with Gasteiger partial charge in [-0.3, -0.25) is 4.68 Å². The van der Waals surface area contributed by atoms with Gasteiger partial charge in [-0.05, 0) is 54.0 Å². The lowest BCUT2D eigenvalue weighted by Crippen LogP contribution is -2.29. The molecular formula is C17H26BrN3. The van der Waals surface area contributed by atoms with Gasteiger partial charge in [-0.2, -0.15) is 10.4 Å². The van der Waals surface area contributed by atoms with Crippen LogP contribution in [0.3, 0.4) is 0 Å². The molecule has 1 aromatic rings. The fourth-order valence-electron chi connectivity index (χ4n) is 3.59. The molecule has 21 heavy (non-hydrogen) atoms. The lowest BCUT2D eigenvalue weighted by molar-refractivity contribution is 0.198. The Morgan fingerprint density at radius 1 is 1.38 bits per heavy atom. The van der Waals surface area contributed by atoms with E-state index >= 15 is 0 Å². The Hall–Kier alpha value is -0.820. The van der Waals surface area contributed by atoms with E-state index in [4.69, 9.17) is 0 Å². The molecule has 0 N–H and O–H groups in total. The summed E-state index contributed by atoms with van der Waals surface area (Å²) in [5.74, 6) is 0.831. The van der Waals surface area contributed by atoms with Gasteiger partial charge in [0.1, 0.15) is 0 Å². The fraction of sp³-hybridized carbons (Fsp3) is 0.765. The number of hydrogen-bond acceptors (Lipinski definition) is 2. The Kier molecular flexibility index (Phi) is 5.48. The van der Waals surface area contributed by atoms with Crippen molar-refractivity contribution in [3.63, 3.8) is 0 Å². The summed E-state index contributed by atoms with van der Waals surface area (Å²) in [6.07, 6.45) is 8.81. The van der Waals surface area contributed by atoms with Gasteiger partial charge in [-0.15, -0.1) is 0 Å². The van der Waals surface area contributed by atoms with Crippen LogP contribution >= 0.6 is 15.9 Å². The normalized spacial score (nSPS) is 25.8. The van der Waals surface area contributed by atoms with Gasteiger partial charge in [-0.1, -0.05) is 26.7 Å². The van der Waals surface area contributed by atoms with Crippen molar-refractivity contribution in [1.29, 1.82) is 5.26 Å². The van der Waals surface area contributed by atoms with Crippen LogP contribution in [0.15, 0.2) is 4.47 Å². The zero-order chi connectivity index (χ0) is 15.5. The average Bonchev–Trinajstić information content (AvgIpc) is 2.77. The van der Waals surface area contributed by atoms with Crippen molar-refractivity contribution in [3.05, 3.63) is 15.9 Å². The first-order valence-corrected chi connectivity index (χ1v) is 8.96. The van der Waals surface area contributed by atoms with Crippen molar-refractivity contribution < 1.29 is 0 Å². The lowest BCUT2D eigenvalue weighted by Gasteiger charge is -2.35. The Bertz CT molecular complexity index is 519. The molecule has 0 saturated heterocycles. The minimum Gasteiger partial charge on any atom is -0.271 e. The van der Waals surface area contributed by atoms with Gasteiger partial charge < -0.3 is 0 Å². The Morgan fingerprint density at radius 2 is 2.05 bits per heavy atom. The van der Waals surface area contributed by atoms with Crippen LogP contribution in [0.25, 0.3) is 0 Å².